The summed E-state index contributed by atoms with van der Waals surface area (Å²) in [5.41, 5.74) is 4.72. The molecule has 0 aliphatic carbocycles. The first-order valence-corrected chi connectivity index (χ1v) is 8.77. The standard InChI is InChI=1S/C18H11ClFN3O3S/c19-16-12-6-5-11(20)7-14(12)27-17(16)18(25)23-22-15(24)9-26-13-4-2-1-3-10(13)8-21/h1-7H,9H2,(H,22,24)(H,23,25). The number of rotatable bonds is 4. The highest BCUT2D eigenvalue weighted by Gasteiger charge is 2.18. The fourth-order valence-electron chi connectivity index (χ4n) is 2.23. The maximum absolute atomic E-state index is 13.3. The van der Waals surface area contributed by atoms with Crippen molar-refractivity contribution < 1.29 is 18.7 Å². The minimum absolute atomic E-state index is 0.147. The minimum atomic E-state index is -0.632. The Hall–Kier alpha value is -3.15. The van der Waals surface area contributed by atoms with Crippen LogP contribution in [0.5, 0.6) is 5.75 Å². The Balaban J connectivity index is 1.60. The highest BCUT2D eigenvalue weighted by molar-refractivity contribution is 7.21. The van der Waals surface area contributed by atoms with Gasteiger partial charge in [0.1, 0.15) is 22.5 Å². The summed E-state index contributed by atoms with van der Waals surface area (Å²) in [6, 6.07) is 12.4. The van der Waals surface area contributed by atoms with E-state index in [-0.39, 0.29) is 15.6 Å². The average Bonchev–Trinajstić information content (AvgIpc) is 3.00. The number of nitrogens with one attached hydrogen (secondary N) is 2. The molecule has 2 amide bonds. The molecule has 0 spiro atoms. The van der Waals surface area contributed by atoms with Gasteiger partial charge < -0.3 is 4.74 Å². The molecular weight excluding hydrogens is 393 g/mol. The van der Waals surface area contributed by atoms with E-state index in [0.717, 1.165) is 11.3 Å². The molecule has 136 valence electrons. The van der Waals surface area contributed by atoms with Gasteiger partial charge in [-0.2, -0.15) is 5.26 Å². The third-order valence-electron chi connectivity index (χ3n) is 3.48. The molecule has 0 atom stereocenters. The summed E-state index contributed by atoms with van der Waals surface area (Å²) in [6.45, 7) is -0.398. The lowest BCUT2D eigenvalue weighted by atomic mass is 10.2. The number of halogens is 2. The van der Waals surface area contributed by atoms with Gasteiger partial charge in [0.2, 0.25) is 0 Å². The smallest absolute Gasteiger partial charge is 0.281 e. The predicted molar refractivity (Wildman–Crippen MR) is 99.1 cm³/mol. The lowest BCUT2D eigenvalue weighted by Gasteiger charge is -2.09. The van der Waals surface area contributed by atoms with Crippen LogP contribution in [-0.4, -0.2) is 18.4 Å². The first-order chi connectivity index (χ1) is 13.0. The predicted octanol–water partition coefficient (Wildman–Crippen LogP) is 3.41. The third-order valence-corrected chi connectivity index (χ3v) is 5.14. The van der Waals surface area contributed by atoms with Crippen molar-refractivity contribution >= 4 is 44.8 Å². The lowest BCUT2D eigenvalue weighted by molar-refractivity contribution is -0.123. The van der Waals surface area contributed by atoms with Gasteiger partial charge in [-0.15, -0.1) is 11.3 Å². The summed E-state index contributed by atoms with van der Waals surface area (Å²) in [7, 11) is 0. The molecule has 0 unspecified atom stereocenters. The van der Waals surface area contributed by atoms with Gasteiger partial charge in [-0.05, 0) is 30.3 Å². The van der Waals surface area contributed by atoms with Gasteiger partial charge in [0.15, 0.2) is 6.61 Å². The Bertz CT molecular complexity index is 1080. The number of fused-ring (bicyclic) bond motifs is 1. The van der Waals surface area contributed by atoms with Crippen LogP contribution in [0.3, 0.4) is 0 Å². The van der Waals surface area contributed by atoms with Crippen LogP contribution in [0, 0.1) is 17.1 Å². The van der Waals surface area contributed by atoms with Crippen LogP contribution in [-0.2, 0) is 4.79 Å². The lowest BCUT2D eigenvalue weighted by Crippen LogP contribution is -2.43. The van der Waals surface area contributed by atoms with E-state index in [1.54, 1.807) is 24.3 Å². The molecule has 0 bridgehead atoms. The van der Waals surface area contributed by atoms with Crippen LogP contribution < -0.4 is 15.6 Å². The molecule has 0 aliphatic rings. The summed E-state index contributed by atoms with van der Waals surface area (Å²) >= 11 is 7.16. The zero-order valence-corrected chi connectivity index (χ0v) is 15.2. The number of carbonyl (C=O) groups is 2. The van der Waals surface area contributed by atoms with E-state index in [1.165, 1.54) is 18.2 Å². The maximum Gasteiger partial charge on any atom is 0.281 e. The van der Waals surface area contributed by atoms with Crippen LogP contribution in [0.1, 0.15) is 15.2 Å². The summed E-state index contributed by atoms with van der Waals surface area (Å²) in [6.07, 6.45) is 0. The van der Waals surface area contributed by atoms with E-state index >= 15 is 0 Å². The van der Waals surface area contributed by atoms with Gasteiger partial charge in [0, 0.05) is 10.1 Å². The first kappa shape index (κ1) is 18.6. The van der Waals surface area contributed by atoms with Gasteiger partial charge in [-0.25, -0.2) is 4.39 Å². The number of amides is 2. The van der Waals surface area contributed by atoms with Crippen molar-refractivity contribution in [1.29, 1.82) is 5.26 Å². The van der Waals surface area contributed by atoms with Gasteiger partial charge in [-0.1, -0.05) is 23.7 Å². The van der Waals surface area contributed by atoms with Crippen molar-refractivity contribution in [1.82, 2.24) is 10.9 Å². The number of thiophene rings is 1. The highest BCUT2D eigenvalue weighted by Crippen LogP contribution is 2.35. The number of hydrogen-bond acceptors (Lipinski definition) is 5. The molecule has 3 rings (SSSR count). The molecule has 2 N–H and O–H groups in total. The SMILES string of the molecule is N#Cc1ccccc1OCC(=O)NNC(=O)c1sc2cc(F)ccc2c1Cl. The number of nitriles is 1. The van der Waals surface area contributed by atoms with E-state index in [2.05, 4.69) is 10.9 Å². The number of carbonyl (C=O) groups excluding carboxylic acids is 2. The van der Waals surface area contributed by atoms with Crippen LogP contribution in [0.4, 0.5) is 4.39 Å². The van der Waals surface area contributed by atoms with Crippen molar-refractivity contribution in [3.8, 4) is 11.8 Å². The van der Waals surface area contributed by atoms with Gasteiger partial charge in [0.25, 0.3) is 11.8 Å². The van der Waals surface area contributed by atoms with Gasteiger partial charge in [-0.3, -0.25) is 20.4 Å². The topological polar surface area (TPSA) is 91.2 Å². The van der Waals surface area contributed by atoms with E-state index in [0.29, 0.717) is 15.6 Å². The molecule has 2 aromatic carbocycles. The molecule has 27 heavy (non-hydrogen) atoms. The van der Waals surface area contributed by atoms with Crippen molar-refractivity contribution in [3.05, 3.63) is 63.7 Å². The molecule has 0 aliphatic heterocycles. The van der Waals surface area contributed by atoms with E-state index in [9.17, 15) is 14.0 Å². The van der Waals surface area contributed by atoms with Crippen LogP contribution in [0.15, 0.2) is 42.5 Å². The number of hydrogen-bond donors (Lipinski definition) is 2. The Morgan fingerprint density at radius 2 is 2.00 bits per heavy atom. The summed E-state index contributed by atoms with van der Waals surface area (Å²) in [5, 5.41) is 9.70. The molecule has 9 heteroatoms. The number of ether oxygens (including phenoxy) is 1. The highest BCUT2D eigenvalue weighted by atomic mass is 35.5. The molecule has 1 aromatic heterocycles. The van der Waals surface area contributed by atoms with Crippen LogP contribution in [0.2, 0.25) is 5.02 Å². The van der Waals surface area contributed by atoms with Crippen molar-refractivity contribution in [2.45, 2.75) is 0 Å². The van der Waals surface area contributed by atoms with Crippen LogP contribution in [0.25, 0.3) is 10.1 Å². The Morgan fingerprint density at radius 3 is 2.78 bits per heavy atom. The zero-order chi connectivity index (χ0) is 19.4. The Morgan fingerprint density at radius 1 is 1.22 bits per heavy atom. The Labute approximate surface area is 162 Å². The second-order valence-electron chi connectivity index (χ2n) is 5.28. The first-order valence-electron chi connectivity index (χ1n) is 7.58. The number of benzene rings is 2. The largest absolute Gasteiger partial charge is 0.482 e. The molecule has 1 heterocycles. The second kappa shape index (κ2) is 8.03. The summed E-state index contributed by atoms with van der Waals surface area (Å²) in [4.78, 5) is 24.2. The van der Waals surface area contributed by atoms with E-state index < -0.39 is 24.2 Å². The second-order valence-corrected chi connectivity index (χ2v) is 6.71. The van der Waals surface area contributed by atoms with Crippen LogP contribution >= 0.6 is 22.9 Å². The maximum atomic E-state index is 13.3. The monoisotopic (exact) mass is 403 g/mol. The quantitative estimate of drug-likeness (QED) is 0.653. The zero-order valence-electron chi connectivity index (χ0n) is 13.6. The van der Waals surface area contributed by atoms with Crippen molar-refractivity contribution in [2.24, 2.45) is 0 Å². The molecule has 0 saturated carbocycles. The fourth-order valence-corrected chi connectivity index (χ4v) is 3.67. The van der Waals surface area contributed by atoms with Crippen molar-refractivity contribution in [2.75, 3.05) is 6.61 Å². The van der Waals surface area contributed by atoms with Gasteiger partial charge >= 0.3 is 0 Å². The molecule has 0 radical (unpaired) electrons. The number of nitrogens with zero attached hydrogens (tertiary/aromatic N) is 1. The normalized spacial score (nSPS) is 10.3. The van der Waals surface area contributed by atoms with E-state index in [1.807, 2.05) is 6.07 Å². The molecule has 0 fully saturated rings. The molecular formula is C18H11ClFN3O3S. The summed E-state index contributed by atoms with van der Waals surface area (Å²) in [5.74, 6) is -1.43. The van der Waals surface area contributed by atoms with Gasteiger partial charge in [0.05, 0.1) is 10.6 Å². The molecule has 3 aromatic rings. The Kier molecular flexibility index (Phi) is 5.54. The third kappa shape index (κ3) is 4.16. The molecule has 6 nitrogen and oxygen atoms in total. The fraction of sp³-hybridized carbons (Fsp3) is 0.0556. The van der Waals surface area contributed by atoms with Crippen molar-refractivity contribution in [3.63, 3.8) is 0 Å². The summed E-state index contributed by atoms with van der Waals surface area (Å²) < 4.78 is 19.1. The van der Waals surface area contributed by atoms with E-state index in [4.69, 9.17) is 21.6 Å². The number of hydrazine groups is 1. The minimum Gasteiger partial charge on any atom is -0.482 e. The average molecular weight is 404 g/mol. The molecule has 0 saturated heterocycles. The number of para-hydroxylation sites is 1.